The quantitative estimate of drug-likeness (QED) is 0.376. The zero-order valence-corrected chi connectivity index (χ0v) is 13.9. The van der Waals surface area contributed by atoms with E-state index in [4.69, 9.17) is 4.74 Å². The summed E-state index contributed by atoms with van der Waals surface area (Å²) >= 11 is 0. The number of ether oxygens (including phenoxy) is 2. The van der Waals surface area contributed by atoms with Crippen LogP contribution in [-0.4, -0.2) is 68.7 Å². The van der Waals surface area contributed by atoms with E-state index in [0.717, 1.165) is 0 Å². The number of aliphatic hydroxyl groups excluding tert-OH is 1. The van der Waals surface area contributed by atoms with Gasteiger partial charge < -0.3 is 19.1 Å². The van der Waals surface area contributed by atoms with Gasteiger partial charge in [0, 0.05) is 5.92 Å². The maximum absolute atomic E-state index is 11.4. The minimum atomic E-state index is -0.692. The number of nitrogens with zero attached hydrogens (tertiary/aromatic N) is 1. The summed E-state index contributed by atoms with van der Waals surface area (Å²) in [7, 11) is 5.12. The van der Waals surface area contributed by atoms with Crippen molar-refractivity contribution < 1.29 is 23.9 Å². The smallest absolute Gasteiger partial charge is 0.361 e. The molecule has 0 rings (SSSR count). The molecule has 0 saturated carbocycles. The SMILES string of the molecule is C=CC(C)C(OCC=CC)C(O)C[N+](C)(C)CC(=O)OC. The van der Waals surface area contributed by atoms with Crippen LogP contribution in [0.2, 0.25) is 0 Å². The van der Waals surface area contributed by atoms with E-state index < -0.39 is 6.10 Å². The third kappa shape index (κ3) is 7.99. The first-order valence-corrected chi connectivity index (χ1v) is 7.19. The van der Waals surface area contributed by atoms with Gasteiger partial charge >= 0.3 is 5.97 Å². The van der Waals surface area contributed by atoms with Crippen LogP contribution in [0.5, 0.6) is 0 Å². The van der Waals surface area contributed by atoms with Gasteiger partial charge in [0.25, 0.3) is 0 Å². The Morgan fingerprint density at radius 1 is 1.43 bits per heavy atom. The topological polar surface area (TPSA) is 55.8 Å². The number of esters is 1. The minimum absolute atomic E-state index is 0.0170. The number of carbonyl (C=O) groups is 1. The highest BCUT2D eigenvalue weighted by Crippen LogP contribution is 2.16. The van der Waals surface area contributed by atoms with Crippen LogP contribution in [0, 0.1) is 5.92 Å². The molecule has 122 valence electrons. The lowest BCUT2D eigenvalue weighted by atomic mass is 9.99. The third-order valence-corrected chi connectivity index (χ3v) is 3.36. The summed E-state index contributed by atoms with van der Waals surface area (Å²) in [5.41, 5.74) is 0. The van der Waals surface area contributed by atoms with Gasteiger partial charge in [0.15, 0.2) is 6.54 Å². The fourth-order valence-corrected chi connectivity index (χ4v) is 2.10. The molecule has 0 radical (unpaired) electrons. The second-order valence-electron chi connectivity index (χ2n) is 5.88. The molecular formula is C16H30NO4+. The molecule has 3 atom stereocenters. The van der Waals surface area contributed by atoms with Gasteiger partial charge in [-0.05, 0) is 6.92 Å². The number of carbonyl (C=O) groups excluding carboxylic acids is 1. The van der Waals surface area contributed by atoms with Crippen molar-refractivity contribution in [2.24, 2.45) is 5.92 Å². The van der Waals surface area contributed by atoms with E-state index in [1.54, 1.807) is 6.08 Å². The summed E-state index contributed by atoms with van der Waals surface area (Å²) < 4.78 is 10.8. The Labute approximate surface area is 128 Å². The lowest BCUT2D eigenvalue weighted by molar-refractivity contribution is -0.886. The van der Waals surface area contributed by atoms with Gasteiger partial charge in [0.2, 0.25) is 0 Å². The summed E-state index contributed by atoms with van der Waals surface area (Å²) in [5.74, 6) is -0.279. The van der Waals surface area contributed by atoms with E-state index in [1.807, 2.05) is 40.1 Å². The van der Waals surface area contributed by atoms with Crippen molar-refractivity contribution >= 4 is 5.97 Å². The summed E-state index contributed by atoms with van der Waals surface area (Å²) in [6, 6.07) is 0. The van der Waals surface area contributed by atoms with Crippen LogP contribution in [0.15, 0.2) is 24.8 Å². The van der Waals surface area contributed by atoms with Crippen LogP contribution >= 0.6 is 0 Å². The Kier molecular flexibility index (Phi) is 9.17. The molecule has 0 aliphatic rings. The molecule has 3 unspecified atom stereocenters. The molecule has 0 aromatic carbocycles. The van der Waals surface area contributed by atoms with Gasteiger partial charge in [-0.25, -0.2) is 4.79 Å². The molecule has 0 heterocycles. The Morgan fingerprint density at radius 3 is 2.52 bits per heavy atom. The lowest BCUT2D eigenvalue weighted by Gasteiger charge is -2.34. The molecule has 0 amide bonds. The number of hydrogen-bond donors (Lipinski definition) is 1. The van der Waals surface area contributed by atoms with E-state index in [0.29, 0.717) is 17.6 Å². The van der Waals surface area contributed by atoms with Crippen LogP contribution in [0.4, 0.5) is 0 Å². The molecule has 5 heteroatoms. The van der Waals surface area contributed by atoms with Crippen LogP contribution < -0.4 is 0 Å². The Bertz CT molecular complexity index is 352. The van der Waals surface area contributed by atoms with Crippen molar-refractivity contribution in [2.75, 3.05) is 40.9 Å². The molecule has 0 saturated heterocycles. The molecule has 1 N–H and O–H groups in total. The van der Waals surface area contributed by atoms with Gasteiger partial charge in [-0.2, -0.15) is 0 Å². The minimum Gasteiger partial charge on any atom is -0.465 e. The summed E-state index contributed by atoms with van der Waals surface area (Å²) in [4.78, 5) is 11.4. The zero-order chi connectivity index (χ0) is 16.5. The molecule has 5 nitrogen and oxygen atoms in total. The van der Waals surface area contributed by atoms with Crippen molar-refractivity contribution in [1.82, 2.24) is 0 Å². The maximum atomic E-state index is 11.4. The van der Waals surface area contributed by atoms with Gasteiger partial charge in [-0.15, -0.1) is 6.58 Å². The molecule has 0 bridgehead atoms. The third-order valence-electron chi connectivity index (χ3n) is 3.36. The predicted molar refractivity (Wildman–Crippen MR) is 83.8 cm³/mol. The highest BCUT2D eigenvalue weighted by Gasteiger charge is 2.32. The number of rotatable bonds is 10. The van der Waals surface area contributed by atoms with Crippen LogP contribution in [0.25, 0.3) is 0 Å². The summed E-state index contributed by atoms with van der Waals surface area (Å²) in [6.45, 7) is 8.68. The average Bonchev–Trinajstić information content (AvgIpc) is 2.41. The maximum Gasteiger partial charge on any atom is 0.361 e. The van der Waals surface area contributed by atoms with E-state index in [-0.39, 0.29) is 24.5 Å². The monoisotopic (exact) mass is 300 g/mol. The molecule has 0 fully saturated rings. The number of likely N-dealkylation sites (N-methyl/N-ethyl adjacent to an activating group) is 1. The second kappa shape index (κ2) is 9.71. The zero-order valence-electron chi connectivity index (χ0n) is 13.9. The lowest BCUT2D eigenvalue weighted by Crippen LogP contribution is -2.52. The molecule has 0 aliphatic heterocycles. The fourth-order valence-electron chi connectivity index (χ4n) is 2.10. The second-order valence-corrected chi connectivity index (χ2v) is 5.88. The van der Waals surface area contributed by atoms with E-state index in [1.165, 1.54) is 7.11 Å². The van der Waals surface area contributed by atoms with Gasteiger partial charge in [-0.1, -0.05) is 25.2 Å². The van der Waals surface area contributed by atoms with Crippen molar-refractivity contribution in [3.63, 3.8) is 0 Å². The van der Waals surface area contributed by atoms with Gasteiger partial charge in [-0.3, -0.25) is 0 Å². The van der Waals surface area contributed by atoms with Crippen molar-refractivity contribution in [3.8, 4) is 0 Å². The van der Waals surface area contributed by atoms with Crippen molar-refractivity contribution in [2.45, 2.75) is 26.1 Å². The predicted octanol–water partition coefficient (Wildman–Crippen LogP) is 1.38. The van der Waals surface area contributed by atoms with E-state index in [2.05, 4.69) is 11.3 Å². The molecule has 21 heavy (non-hydrogen) atoms. The largest absolute Gasteiger partial charge is 0.465 e. The van der Waals surface area contributed by atoms with Crippen LogP contribution in [-0.2, 0) is 14.3 Å². The van der Waals surface area contributed by atoms with Crippen molar-refractivity contribution in [3.05, 3.63) is 24.8 Å². The highest BCUT2D eigenvalue weighted by molar-refractivity contribution is 5.70. The Balaban J connectivity index is 4.74. The molecule has 0 spiro atoms. The Morgan fingerprint density at radius 2 is 2.05 bits per heavy atom. The van der Waals surface area contributed by atoms with Crippen LogP contribution in [0.3, 0.4) is 0 Å². The number of hydrogen-bond acceptors (Lipinski definition) is 4. The average molecular weight is 300 g/mol. The normalized spacial score (nSPS) is 16.5. The van der Waals surface area contributed by atoms with Crippen molar-refractivity contribution in [1.29, 1.82) is 0 Å². The fraction of sp³-hybridized carbons (Fsp3) is 0.688. The molecule has 0 aromatic heterocycles. The number of methoxy groups -OCH3 is 1. The molecule has 0 aromatic rings. The highest BCUT2D eigenvalue weighted by atomic mass is 16.5. The summed E-state index contributed by atoms with van der Waals surface area (Å²) in [5, 5.41) is 10.5. The number of quaternary nitrogens is 1. The summed E-state index contributed by atoms with van der Waals surface area (Å²) in [6.07, 6.45) is 4.52. The first-order valence-electron chi connectivity index (χ1n) is 7.19. The van der Waals surface area contributed by atoms with E-state index in [9.17, 15) is 9.90 Å². The van der Waals surface area contributed by atoms with Gasteiger partial charge in [0.05, 0.1) is 33.9 Å². The number of allylic oxidation sites excluding steroid dienone is 1. The van der Waals surface area contributed by atoms with Gasteiger partial charge in [0.1, 0.15) is 12.6 Å². The standard InChI is InChI=1S/C16H30NO4/c1-7-9-10-21-16(13(3)8-2)14(18)11-17(4,5)12-15(19)20-6/h7-9,13-14,16,18H,2,10-12H2,1,3-6H3/q+1. The first-order chi connectivity index (χ1) is 9.77. The van der Waals surface area contributed by atoms with E-state index >= 15 is 0 Å². The Hall–Kier alpha value is -1.17. The molecule has 0 aliphatic carbocycles. The van der Waals surface area contributed by atoms with Crippen LogP contribution in [0.1, 0.15) is 13.8 Å². The number of aliphatic hydroxyl groups is 1. The molecular weight excluding hydrogens is 270 g/mol. The first kappa shape index (κ1) is 19.8.